The van der Waals surface area contributed by atoms with Crippen LogP contribution in [0.25, 0.3) is 22.3 Å². The molecule has 0 spiro atoms. The van der Waals surface area contributed by atoms with Gasteiger partial charge in [0.1, 0.15) is 0 Å². The monoisotopic (exact) mass is 347 g/mol. The first-order valence-corrected chi connectivity index (χ1v) is 8.70. The Morgan fingerprint density at radius 1 is 0.778 bits per heavy atom. The molecule has 0 aliphatic rings. The van der Waals surface area contributed by atoms with Crippen LogP contribution in [0.3, 0.4) is 0 Å². The zero-order valence-electron chi connectivity index (χ0n) is 15.2. The Balaban J connectivity index is 2.29. The summed E-state index contributed by atoms with van der Waals surface area (Å²) < 4.78 is 0. The summed E-state index contributed by atoms with van der Waals surface area (Å²) in [5.74, 6) is 0. The van der Waals surface area contributed by atoms with E-state index in [-0.39, 0.29) is 0 Å². The Bertz CT molecular complexity index is 1120. The SMILES string of the molecule is CCc1ccccc1-c1cc(-c2c(C#N)cc(C#N)cc2C#N)ccc1C. The second kappa shape index (κ2) is 7.57. The van der Waals surface area contributed by atoms with Gasteiger partial charge in [0.05, 0.1) is 34.9 Å². The highest BCUT2D eigenvalue weighted by Crippen LogP contribution is 2.34. The van der Waals surface area contributed by atoms with E-state index >= 15 is 0 Å². The quantitative estimate of drug-likeness (QED) is 0.627. The Hall–Kier alpha value is -3.87. The molecule has 0 aliphatic carbocycles. The number of hydrogen-bond acceptors (Lipinski definition) is 3. The lowest BCUT2D eigenvalue weighted by atomic mass is 9.88. The summed E-state index contributed by atoms with van der Waals surface area (Å²) in [4.78, 5) is 0. The first-order chi connectivity index (χ1) is 13.1. The highest BCUT2D eigenvalue weighted by molar-refractivity contribution is 5.82. The van der Waals surface area contributed by atoms with Gasteiger partial charge in [0.15, 0.2) is 0 Å². The van der Waals surface area contributed by atoms with Crippen LogP contribution in [0.4, 0.5) is 0 Å². The van der Waals surface area contributed by atoms with Gasteiger partial charge in [0.25, 0.3) is 0 Å². The third-order valence-electron chi connectivity index (χ3n) is 4.72. The normalized spacial score (nSPS) is 9.89. The molecule has 3 rings (SSSR count). The minimum atomic E-state index is 0.315. The van der Waals surface area contributed by atoms with E-state index in [0.29, 0.717) is 22.3 Å². The van der Waals surface area contributed by atoms with Crippen LogP contribution in [-0.4, -0.2) is 0 Å². The maximum atomic E-state index is 9.57. The van der Waals surface area contributed by atoms with Gasteiger partial charge < -0.3 is 0 Å². The van der Waals surface area contributed by atoms with Crippen LogP contribution in [0, 0.1) is 40.9 Å². The zero-order valence-corrected chi connectivity index (χ0v) is 15.2. The first kappa shape index (κ1) is 17.9. The molecule has 0 unspecified atom stereocenters. The van der Waals surface area contributed by atoms with E-state index in [1.807, 2.05) is 36.4 Å². The third kappa shape index (κ3) is 3.30. The van der Waals surface area contributed by atoms with Gasteiger partial charge in [-0.15, -0.1) is 0 Å². The van der Waals surface area contributed by atoms with Crippen LogP contribution in [-0.2, 0) is 6.42 Å². The maximum Gasteiger partial charge on any atom is 0.0999 e. The van der Waals surface area contributed by atoms with Crippen LogP contribution in [0.2, 0.25) is 0 Å². The van der Waals surface area contributed by atoms with Crippen molar-refractivity contribution >= 4 is 0 Å². The van der Waals surface area contributed by atoms with E-state index in [4.69, 9.17) is 5.26 Å². The molecular weight excluding hydrogens is 330 g/mol. The smallest absolute Gasteiger partial charge is 0.0999 e. The van der Waals surface area contributed by atoms with Crippen LogP contribution < -0.4 is 0 Å². The maximum absolute atomic E-state index is 9.57. The molecule has 3 heteroatoms. The van der Waals surface area contributed by atoms with Crippen LogP contribution in [0.15, 0.2) is 54.6 Å². The summed E-state index contributed by atoms with van der Waals surface area (Å²) in [5.41, 5.74) is 6.99. The van der Waals surface area contributed by atoms with Crippen LogP contribution in [0.5, 0.6) is 0 Å². The van der Waals surface area contributed by atoms with E-state index in [2.05, 4.69) is 38.1 Å². The molecule has 0 radical (unpaired) electrons. The van der Waals surface area contributed by atoms with E-state index in [1.54, 1.807) is 0 Å². The van der Waals surface area contributed by atoms with Crippen LogP contribution in [0.1, 0.15) is 34.7 Å². The molecule has 0 amide bonds. The fourth-order valence-corrected chi connectivity index (χ4v) is 3.35. The minimum absolute atomic E-state index is 0.315. The van der Waals surface area contributed by atoms with E-state index in [1.165, 1.54) is 17.7 Å². The van der Waals surface area contributed by atoms with Crippen molar-refractivity contribution in [3.05, 3.63) is 82.4 Å². The van der Waals surface area contributed by atoms with Crippen molar-refractivity contribution in [1.82, 2.24) is 0 Å². The van der Waals surface area contributed by atoms with Crippen molar-refractivity contribution in [2.24, 2.45) is 0 Å². The van der Waals surface area contributed by atoms with Crippen molar-refractivity contribution < 1.29 is 0 Å². The molecule has 3 nitrogen and oxygen atoms in total. The van der Waals surface area contributed by atoms with Gasteiger partial charge in [-0.1, -0.05) is 43.3 Å². The summed E-state index contributed by atoms with van der Waals surface area (Å²) in [5, 5.41) is 28.3. The number of hydrogen-bond donors (Lipinski definition) is 0. The predicted octanol–water partition coefficient (Wildman–Crippen LogP) is 5.51. The summed E-state index contributed by atoms with van der Waals surface area (Å²) in [6, 6.07) is 23.6. The highest BCUT2D eigenvalue weighted by Gasteiger charge is 2.15. The van der Waals surface area contributed by atoms with Crippen molar-refractivity contribution in [1.29, 1.82) is 15.8 Å². The number of nitrogens with zero attached hydrogens (tertiary/aromatic N) is 3. The number of rotatable bonds is 3. The van der Waals surface area contributed by atoms with Gasteiger partial charge >= 0.3 is 0 Å². The van der Waals surface area contributed by atoms with Crippen molar-refractivity contribution in [2.45, 2.75) is 20.3 Å². The van der Waals surface area contributed by atoms with Crippen molar-refractivity contribution in [3.8, 4) is 40.5 Å². The Kier molecular flexibility index (Phi) is 5.03. The molecule has 27 heavy (non-hydrogen) atoms. The molecular formula is C24H17N3. The van der Waals surface area contributed by atoms with Gasteiger partial charge in [-0.3, -0.25) is 0 Å². The topological polar surface area (TPSA) is 71.4 Å². The fourth-order valence-electron chi connectivity index (χ4n) is 3.35. The van der Waals surface area contributed by atoms with E-state index in [0.717, 1.165) is 28.7 Å². The molecule has 3 aromatic rings. The van der Waals surface area contributed by atoms with Gasteiger partial charge in [-0.25, -0.2) is 0 Å². The lowest BCUT2D eigenvalue weighted by molar-refractivity contribution is 1.14. The second-order valence-electron chi connectivity index (χ2n) is 6.32. The van der Waals surface area contributed by atoms with Gasteiger partial charge in [-0.05, 0) is 59.4 Å². The van der Waals surface area contributed by atoms with Crippen molar-refractivity contribution in [3.63, 3.8) is 0 Å². The summed E-state index contributed by atoms with van der Waals surface area (Å²) in [7, 11) is 0. The third-order valence-corrected chi connectivity index (χ3v) is 4.72. The fraction of sp³-hybridized carbons (Fsp3) is 0.125. The Morgan fingerprint density at radius 2 is 1.44 bits per heavy atom. The summed E-state index contributed by atoms with van der Waals surface area (Å²) in [6.07, 6.45) is 0.920. The molecule has 0 N–H and O–H groups in total. The molecule has 0 aromatic heterocycles. The van der Waals surface area contributed by atoms with E-state index in [9.17, 15) is 10.5 Å². The molecule has 0 aliphatic heterocycles. The predicted molar refractivity (Wildman–Crippen MR) is 106 cm³/mol. The Morgan fingerprint density at radius 3 is 2.04 bits per heavy atom. The summed E-state index contributed by atoms with van der Waals surface area (Å²) >= 11 is 0. The summed E-state index contributed by atoms with van der Waals surface area (Å²) in [6.45, 7) is 4.18. The van der Waals surface area contributed by atoms with Gasteiger partial charge in [-0.2, -0.15) is 15.8 Å². The molecule has 0 heterocycles. The van der Waals surface area contributed by atoms with Crippen molar-refractivity contribution in [2.75, 3.05) is 0 Å². The molecule has 0 saturated heterocycles. The average molecular weight is 347 g/mol. The lowest BCUT2D eigenvalue weighted by Gasteiger charge is -2.14. The first-order valence-electron chi connectivity index (χ1n) is 8.70. The minimum Gasteiger partial charge on any atom is -0.192 e. The molecule has 0 bridgehead atoms. The Labute approximate surface area is 159 Å². The molecule has 0 fully saturated rings. The van der Waals surface area contributed by atoms with Gasteiger partial charge in [0, 0.05) is 5.56 Å². The zero-order chi connectivity index (χ0) is 19.4. The molecule has 128 valence electrons. The van der Waals surface area contributed by atoms with Crippen LogP contribution >= 0.6 is 0 Å². The highest BCUT2D eigenvalue weighted by atomic mass is 14.3. The average Bonchev–Trinajstić information content (AvgIpc) is 2.73. The number of nitriles is 3. The molecule has 3 aromatic carbocycles. The van der Waals surface area contributed by atoms with Gasteiger partial charge in [0.2, 0.25) is 0 Å². The largest absolute Gasteiger partial charge is 0.192 e. The number of aryl methyl sites for hydroxylation is 2. The van der Waals surface area contributed by atoms with E-state index < -0.39 is 0 Å². The molecule has 0 saturated carbocycles. The second-order valence-corrected chi connectivity index (χ2v) is 6.32. The number of benzene rings is 3. The lowest BCUT2D eigenvalue weighted by Crippen LogP contribution is -1.95. The standard InChI is InChI=1S/C24H17N3/c1-3-18-6-4-5-7-22(18)23-12-19(9-8-16(23)2)24-20(14-26)10-17(13-25)11-21(24)15-27/h4-12H,3H2,1-2H3. The molecule has 0 atom stereocenters.